The zero-order valence-corrected chi connectivity index (χ0v) is 7.34. The fraction of sp³-hybridized carbons (Fsp3) is 0.250. The Balaban J connectivity index is 2.60. The molecule has 0 saturated carbocycles. The molecule has 2 rings (SSSR count). The first-order valence-corrected chi connectivity index (χ1v) is 4.75. The predicted molar refractivity (Wildman–Crippen MR) is 51.6 cm³/mol. The summed E-state index contributed by atoms with van der Waals surface area (Å²) >= 11 is 1.46. The van der Waals surface area contributed by atoms with E-state index in [1.165, 1.54) is 15.9 Å². The Morgan fingerprint density at radius 2 is 2.00 bits per heavy atom. The molecule has 1 heterocycles. The lowest BCUT2D eigenvalue weighted by atomic mass is 9.89. The van der Waals surface area contributed by atoms with Gasteiger partial charge in [-0.25, -0.2) is 0 Å². The SMILES string of the molecule is OB(O)c1cc2c(s1)=CCCC=2. The first kappa shape index (κ1) is 8.04. The summed E-state index contributed by atoms with van der Waals surface area (Å²) in [4.78, 5) is 0. The number of thiophene rings is 1. The highest BCUT2D eigenvalue weighted by Gasteiger charge is 2.13. The van der Waals surface area contributed by atoms with Crippen molar-refractivity contribution in [3.63, 3.8) is 0 Å². The molecule has 0 atom stereocenters. The average molecular weight is 180 g/mol. The van der Waals surface area contributed by atoms with Crippen LogP contribution >= 0.6 is 11.3 Å². The van der Waals surface area contributed by atoms with E-state index in [4.69, 9.17) is 10.0 Å². The van der Waals surface area contributed by atoms with Crippen LogP contribution in [0, 0.1) is 0 Å². The highest BCUT2D eigenvalue weighted by Crippen LogP contribution is 1.96. The second-order valence-electron chi connectivity index (χ2n) is 2.83. The van der Waals surface area contributed by atoms with Crippen molar-refractivity contribution in [1.82, 2.24) is 0 Å². The summed E-state index contributed by atoms with van der Waals surface area (Å²) in [6.45, 7) is 0. The molecule has 0 spiro atoms. The highest BCUT2D eigenvalue weighted by molar-refractivity contribution is 7.20. The van der Waals surface area contributed by atoms with Crippen molar-refractivity contribution in [3.05, 3.63) is 15.8 Å². The third kappa shape index (κ3) is 1.33. The fourth-order valence-electron chi connectivity index (χ4n) is 1.34. The molecule has 1 aliphatic carbocycles. The van der Waals surface area contributed by atoms with Crippen LogP contribution < -0.4 is 14.5 Å². The Morgan fingerprint density at radius 3 is 2.67 bits per heavy atom. The molecule has 0 saturated heterocycles. The first-order chi connectivity index (χ1) is 5.77. The van der Waals surface area contributed by atoms with Crippen molar-refractivity contribution in [1.29, 1.82) is 0 Å². The molecule has 0 aromatic carbocycles. The van der Waals surface area contributed by atoms with Crippen molar-refractivity contribution < 1.29 is 10.0 Å². The molecule has 0 bridgehead atoms. The summed E-state index contributed by atoms with van der Waals surface area (Å²) in [5.41, 5.74) is 0. The summed E-state index contributed by atoms with van der Waals surface area (Å²) in [6, 6.07) is 1.85. The standard InChI is InChI=1S/C8H9BO2S/c10-9(11)8-5-6-3-1-2-4-7(6)12-8/h3-5,10-11H,1-2H2. The quantitative estimate of drug-likeness (QED) is 0.532. The minimum atomic E-state index is -1.32. The molecule has 2 N–H and O–H groups in total. The van der Waals surface area contributed by atoms with Gasteiger partial charge in [0.15, 0.2) is 0 Å². The zero-order chi connectivity index (χ0) is 8.55. The van der Waals surface area contributed by atoms with E-state index in [1.807, 2.05) is 6.07 Å². The normalized spacial score (nSPS) is 14.5. The maximum Gasteiger partial charge on any atom is 0.499 e. The van der Waals surface area contributed by atoms with Crippen LogP contribution in [0.25, 0.3) is 12.2 Å². The van der Waals surface area contributed by atoms with Crippen LogP contribution in [0.2, 0.25) is 0 Å². The summed E-state index contributed by atoms with van der Waals surface area (Å²) in [7, 11) is -1.32. The first-order valence-electron chi connectivity index (χ1n) is 3.93. The summed E-state index contributed by atoms with van der Waals surface area (Å²) in [5.74, 6) is 0. The molecule has 2 nitrogen and oxygen atoms in total. The van der Waals surface area contributed by atoms with E-state index < -0.39 is 7.12 Å². The van der Waals surface area contributed by atoms with E-state index in [1.54, 1.807) is 0 Å². The summed E-state index contributed by atoms with van der Waals surface area (Å²) in [5, 5.41) is 19.0. The Labute approximate surface area is 74.6 Å². The number of hydrogen-bond acceptors (Lipinski definition) is 3. The Morgan fingerprint density at radius 1 is 1.25 bits per heavy atom. The van der Waals surface area contributed by atoms with E-state index in [0.717, 1.165) is 18.1 Å². The molecule has 0 aliphatic heterocycles. The van der Waals surface area contributed by atoms with E-state index in [2.05, 4.69) is 12.2 Å². The van der Waals surface area contributed by atoms with Crippen LogP contribution in [-0.2, 0) is 0 Å². The highest BCUT2D eigenvalue weighted by atomic mass is 32.1. The molecule has 1 aromatic rings. The van der Waals surface area contributed by atoms with Crippen molar-refractivity contribution in [3.8, 4) is 0 Å². The molecule has 4 heteroatoms. The van der Waals surface area contributed by atoms with Gasteiger partial charge >= 0.3 is 7.12 Å². The second-order valence-corrected chi connectivity index (χ2v) is 3.94. The van der Waals surface area contributed by atoms with Gasteiger partial charge in [-0.15, -0.1) is 11.3 Å². The van der Waals surface area contributed by atoms with Crippen LogP contribution in [-0.4, -0.2) is 17.2 Å². The van der Waals surface area contributed by atoms with E-state index in [-0.39, 0.29) is 0 Å². The van der Waals surface area contributed by atoms with Gasteiger partial charge in [-0.1, -0.05) is 12.2 Å². The third-order valence-corrected chi connectivity index (χ3v) is 3.11. The molecule has 1 aliphatic rings. The van der Waals surface area contributed by atoms with Crippen LogP contribution in [0.1, 0.15) is 12.8 Å². The van der Waals surface area contributed by atoms with Gasteiger partial charge < -0.3 is 10.0 Å². The minimum Gasteiger partial charge on any atom is -0.423 e. The van der Waals surface area contributed by atoms with Crippen molar-refractivity contribution in [2.45, 2.75) is 12.8 Å². The smallest absolute Gasteiger partial charge is 0.423 e. The lowest BCUT2D eigenvalue weighted by Crippen LogP contribution is -2.27. The predicted octanol–water partition coefficient (Wildman–Crippen LogP) is -1.22. The Kier molecular flexibility index (Phi) is 2.04. The largest absolute Gasteiger partial charge is 0.499 e. The molecular weight excluding hydrogens is 171 g/mol. The van der Waals surface area contributed by atoms with Crippen molar-refractivity contribution in [2.75, 3.05) is 0 Å². The van der Waals surface area contributed by atoms with Gasteiger partial charge in [0.1, 0.15) is 0 Å². The lowest BCUT2D eigenvalue weighted by Gasteiger charge is -1.90. The zero-order valence-electron chi connectivity index (χ0n) is 6.53. The van der Waals surface area contributed by atoms with Crippen LogP contribution in [0.3, 0.4) is 0 Å². The van der Waals surface area contributed by atoms with Crippen LogP contribution in [0.4, 0.5) is 0 Å². The van der Waals surface area contributed by atoms with E-state index in [9.17, 15) is 0 Å². The molecule has 1 aromatic heterocycles. The molecule has 0 fully saturated rings. The third-order valence-electron chi connectivity index (χ3n) is 1.93. The maximum atomic E-state index is 8.91. The van der Waals surface area contributed by atoms with Gasteiger partial charge in [-0.05, 0) is 24.1 Å². The van der Waals surface area contributed by atoms with Gasteiger partial charge in [0.25, 0.3) is 0 Å². The summed E-state index contributed by atoms with van der Waals surface area (Å²) in [6.07, 6.45) is 6.41. The minimum absolute atomic E-state index is 0.634. The van der Waals surface area contributed by atoms with Gasteiger partial charge in [0, 0.05) is 9.31 Å². The lowest BCUT2D eigenvalue weighted by molar-refractivity contribution is 0.427. The number of hydrogen-bond donors (Lipinski definition) is 2. The molecule has 12 heavy (non-hydrogen) atoms. The van der Waals surface area contributed by atoms with Gasteiger partial charge in [0.2, 0.25) is 0 Å². The Hall–Kier alpha value is -0.575. The topological polar surface area (TPSA) is 40.5 Å². The molecule has 0 radical (unpaired) electrons. The second kappa shape index (κ2) is 3.05. The Bertz CT molecular complexity index is 360. The van der Waals surface area contributed by atoms with E-state index >= 15 is 0 Å². The maximum absolute atomic E-state index is 8.91. The molecule has 0 unspecified atom stereocenters. The number of rotatable bonds is 1. The fourth-order valence-corrected chi connectivity index (χ4v) is 2.35. The van der Waals surface area contributed by atoms with Crippen molar-refractivity contribution in [2.24, 2.45) is 0 Å². The monoisotopic (exact) mass is 180 g/mol. The van der Waals surface area contributed by atoms with Gasteiger partial charge in [-0.2, -0.15) is 0 Å². The van der Waals surface area contributed by atoms with E-state index in [0.29, 0.717) is 4.78 Å². The molecule has 62 valence electrons. The van der Waals surface area contributed by atoms with Crippen molar-refractivity contribution >= 4 is 35.4 Å². The van der Waals surface area contributed by atoms with Gasteiger partial charge in [0.05, 0.1) is 0 Å². The molecular formula is C8H9BO2S. The van der Waals surface area contributed by atoms with Gasteiger partial charge in [-0.3, -0.25) is 0 Å². The van der Waals surface area contributed by atoms with Crippen LogP contribution in [0.15, 0.2) is 6.07 Å². The summed E-state index contributed by atoms with van der Waals surface area (Å²) < 4.78 is 1.80. The molecule has 0 amide bonds. The van der Waals surface area contributed by atoms with Crippen LogP contribution in [0.5, 0.6) is 0 Å². The average Bonchev–Trinajstić information content (AvgIpc) is 2.46. The number of fused-ring (bicyclic) bond motifs is 1.